The highest BCUT2D eigenvalue weighted by Crippen LogP contribution is 2.48. The number of carbonyl (C=O) groups is 1. The van der Waals surface area contributed by atoms with Crippen LogP contribution in [0.5, 0.6) is 0 Å². The lowest BCUT2D eigenvalue weighted by molar-refractivity contribution is -0.131. The van der Waals surface area contributed by atoms with Crippen LogP contribution in [0.25, 0.3) is 0 Å². The molecular formula is C20H24ClF2N5O. The summed E-state index contributed by atoms with van der Waals surface area (Å²) in [6, 6.07) is 6.51. The number of hydrogen-bond acceptors (Lipinski definition) is 5. The average Bonchev–Trinajstić information content (AvgIpc) is 2.92. The standard InChI is InChI=1S/C20H24ClF2N5O/c1-12-10-20(22,23)17-16(12)18(27-11-26-17)25-7-8-28(2)19(29)15(24)9-13-3-5-14(21)6-4-13/h3-6,11-12,15H,7-10,24H2,1-2H3,(H,25,26,27)/t12-,15-/m1/s1. The summed E-state index contributed by atoms with van der Waals surface area (Å²) in [7, 11) is 1.66. The Kier molecular flexibility index (Phi) is 6.33. The van der Waals surface area contributed by atoms with E-state index in [0.717, 1.165) is 11.9 Å². The Hall–Kier alpha value is -2.32. The van der Waals surface area contributed by atoms with Crippen LogP contribution in [0.3, 0.4) is 0 Å². The fourth-order valence-electron chi connectivity index (χ4n) is 3.57. The zero-order valence-corrected chi connectivity index (χ0v) is 17.1. The van der Waals surface area contributed by atoms with E-state index in [1.165, 1.54) is 4.90 Å². The molecule has 1 aliphatic rings. The van der Waals surface area contributed by atoms with Gasteiger partial charge < -0.3 is 16.0 Å². The zero-order chi connectivity index (χ0) is 21.2. The van der Waals surface area contributed by atoms with Crippen LogP contribution in [-0.2, 0) is 17.1 Å². The van der Waals surface area contributed by atoms with Gasteiger partial charge in [0.15, 0.2) is 0 Å². The van der Waals surface area contributed by atoms with Crippen LogP contribution < -0.4 is 11.1 Å². The monoisotopic (exact) mass is 423 g/mol. The molecule has 0 fully saturated rings. The smallest absolute Gasteiger partial charge is 0.290 e. The van der Waals surface area contributed by atoms with Gasteiger partial charge in [-0.25, -0.2) is 9.97 Å². The van der Waals surface area contributed by atoms with Gasteiger partial charge in [0.1, 0.15) is 17.8 Å². The molecule has 1 heterocycles. The summed E-state index contributed by atoms with van der Waals surface area (Å²) < 4.78 is 28.0. The lowest BCUT2D eigenvalue weighted by Crippen LogP contribution is -2.44. The molecule has 1 aliphatic carbocycles. The molecule has 1 aromatic heterocycles. The minimum Gasteiger partial charge on any atom is -0.368 e. The summed E-state index contributed by atoms with van der Waals surface area (Å²) in [5, 5.41) is 3.69. The first kappa shape index (κ1) is 21.4. The van der Waals surface area contributed by atoms with Gasteiger partial charge in [0.2, 0.25) is 5.91 Å². The Labute approximate surface area is 173 Å². The topological polar surface area (TPSA) is 84.1 Å². The second-order valence-corrected chi connectivity index (χ2v) is 7.85. The molecule has 1 aromatic carbocycles. The number of likely N-dealkylation sites (N-methyl/N-ethyl adjacent to an activating group) is 1. The van der Waals surface area contributed by atoms with Crippen molar-refractivity contribution in [3.63, 3.8) is 0 Å². The van der Waals surface area contributed by atoms with Crippen LogP contribution >= 0.6 is 11.6 Å². The Morgan fingerprint density at radius 3 is 2.76 bits per heavy atom. The molecule has 0 bridgehead atoms. The third-order valence-electron chi connectivity index (χ3n) is 5.09. The number of fused-ring (bicyclic) bond motifs is 1. The lowest BCUT2D eigenvalue weighted by atomic mass is 10.1. The highest BCUT2D eigenvalue weighted by molar-refractivity contribution is 6.30. The first-order valence-corrected chi connectivity index (χ1v) is 9.79. The fourth-order valence-corrected chi connectivity index (χ4v) is 3.70. The number of benzene rings is 1. The molecule has 29 heavy (non-hydrogen) atoms. The van der Waals surface area contributed by atoms with Crippen molar-refractivity contribution in [2.45, 2.75) is 37.6 Å². The summed E-state index contributed by atoms with van der Waals surface area (Å²) >= 11 is 5.86. The van der Waals surface area contributed by atoms with E-state index in [2.05, 4.69) is 15.3 Å². The number of anilines is 1. The third kappa shape index (κ3) is 4.82. The second-order valence-electron chi connectivity index (χ2n) is 7.42. The maximum Gasteiger partial charge on any atom is 0.290 e. The van der Waals surface area contributed by atoms with Gasteiger partial charge in [0, 0.05) is 37.1 Å². The second kappa shape index (κ2) is 8.59. The van der Waals surface area contributed by atoms with Crippen LogP contribution in [0.15, 0.2) is 30.6 Å². The third-order valence-corrected chi connectivity index (χ3v) is 5.34. The minimum atomic E-state index is -2.94. The van der Waals surface area contributed by atoms with E-state index in [4.69, 9.17) is 17.3 Å². The molecule has 3 rings (SSSR count). The predicted molar refractivity (Wildman–Crippen MR) is 108 cm³/mol. The summed E-state index contributed by atoms with van der Waals surface area (Å²) in [6.45, 7) is 2.45. The van der Waals surface area contributed by atoms with Crippen LogP contribution in [0.4, 0.5) is 14.6 Å². The molecule has 1 amide bonds. The Morgan fingerprint density at radius 1 is 1.38 bits per heavy atom. The molecule has 156 valence electrons. The molecule has 0 radical (unpaired) electrons. The SMILES string of the molecule is C[C@@H]1CC(F)(F)c2ncnc(NCCN(C)C(=O)[C@H](N)Cc3ccc(Cl)cc3)c21. The van der Waals surface area contributed by atoms with E-state index in [1.807, 2.05) is 12.1 Å². The van der Waals surface area contributed by atoms with Crippen molar-refractivity contribution in [1.82, 2.24) is 14.9 Å². The van der Waals surface area contributed by atoms with Crippen molar-refractivity contribution < 1.29 is 13.6 Å². The van der Waals surface area contributed by atoms with Crippen molar-refractivity contribution in [1.29, 1.82) is 0 Å². The van der Waals surface area contributed by atoms with Gasteiger partial charge in [-0.05, 0) is 30.0 Å². The predicted octanol–water partition coefficient (Wildman–Crippen LogP) is 3.17. The lowest BCUT2D eigenvalue weighted by Gasteiger charge is -2.22. The number of carbonyl (C=O) groups excluding carboxylic acids is 1. The summed E-state index contributed by atoms with van der Waals surface area (Å²) in [4.78, 5) is 21.9. The molecule has 9 heteroatoms. The van der Waals surface area contributed by atoms with E-state index in [1.54, 1.807) is 26.1 Å². The van der Waals surface area contributed by atoms with Gasteiger partial charge in [0.25, 0.3) is 5.92 Å². The van der Waals surface area contributed by atoms with Gasteiger partial charge >= 0.3 is 0 Å². The Bertz CT molecular complexity index is 878. The summed E-state index contributed by atoms with van der Waals surface area (Å²) in [5.41, 5.74) is 7.21. The van der Waals surface area contributed by atoms with Crippen molar-refractivity contribution in [2.75, 3.05) is 25.5 Å². The Balaban J connectivity index is 1.55. The van der Waals surface area contributed by atoms with E-state index < -0.39 is 12.0 Å². The number of alkyl halides is 2. The number of nitrogens with two attached hydrogens (primary N) is 1. The molecule has 2 atom stereocenters. The maximum absolute atomic E-state index is 14.0. The molecule has 2 aromatic rings. The highest BCUT2D eigenvalue weighted by Gasteiger charge is 2.46. The van der Waals surface area contributed by atoms with Gasteiger partial charge in [-0.2, -0.15) is 8.78 Å². The van der Waals surface area contributed by atoms with Gasteiger partial charge in [0.05, 0.1) is 6.04 Å². The fraction of sp³-hybridized carbons (Fsp3) is 0.450. The van der Waals surface area contributed by atoms with Crippen molar-refractivity contribution in [2.24, 2.45) is 5.73 Å². The van der Waals surface area contributed by atoms with E-state index in [0.29, 0.717) is 35.9 Å². The van der Waals surface area contributed by atoms with Crippen LogP contribution in [0, 0.1) is 0 Å². The van der Waals surface area contributed by atoms with Gasteiger partial charge in [-0.3, -0.25) is 4.79 Å². The minimum absolute atomic E-state index is 0.199. The number of amides is 1. The normalized spacial score (nSPS) is 18.2. The van der Waals surface area contributed by atoms with Crippen molar-refractivity contribution in [3.05, 3.63) is 52.4 Å². The summed E-state index contributed by atoms with van der Waals surface area (Å²) in [6.07, 6.45) is 1.28. The molecular weight excluding hydrogens is 400 g/mol. The number of nitrogens with zero attached hydrogens (tertiary/aromatic N) is 3. The van der Waals surface area contributed by atoms with Gasteiger partial charge in [-0.15, -0.1) is 0 Å². The highest BCUT2D eigenvalue weighted by atomic mass is 35.5. The average molecular weight is 424 g/mol. The number of halogens is 3. The van der Waals surface area contributed by atoms with E-state index >= 15 is 0 Å². The molecule has 0 aliphatic heterocycles. The van der Waals surface area contributed by atoms with Crippen LogP contribution in [0.2, 0.25) is 5.02 Å². The number of aromatic nitrogens is 2. The number of rotatable bonds is 7. The first-order valence-electron chi connectivity index (χ1n) is 9.41. The number of hydrogen-bond donors (Lipinski definition) is 2. The van der Waals surface area contributed by atoms with Crippen molar-refractivity contribution >= 4 is 23.3 Å². The summed E-state index contributed by atoms with van der Waals surface area (Å²) in [5.74, 6) is -3.08. The quantitative estimate of drug-likeness (QED) is 0.714. The molecule has 0 saturated heterocycles. The zero-order valence-electron chi connectivity index (χ0n) is 16.3. The van der Waals surface area contributed by atoms with Crippen LogP contribution in [-0.4, -0.2) is 47.0 Å². The molecule has 3 N–H and O–H groups in total. The molecule has 0 saturated carbocycles. The van der Waals surface area contributed by atoms with Crippen molar-refractivity contribution in [3.8, 4) is 0 Å². The maximum atomic E-state index is 14.0. The van der Waals surface area contributed by atoms with E-state index in [9.17, 15) is 13.6 Å². The molecule has 0 spiro atoms. The van der Waals surface area contributed by atoms with E-state index in [-0.39, 0.29) is 23.9 Å². The van der Waals surface area contributed by atoms with Gasteiger partial charge in [-0.1, -0.05) is 30.7 Å². The van der Waals surface area contributed by atoms with Crippen LogP contribution in [0.1, 0.15) is 36.1 Å². The largest absolute Gasteiger partial charge is 0.368 e. The molecule has 0 unspecified atom stereocenters. The first-order chi connectivity index (χ1) is 13.7. The Morgan fingerprint density at radius 2 is 2.07 bits per heavy atom. The number of nitrogens with one attached hydrogen (secondary N) is 1. The molecule has 6 nitrogen and oxygen atoms in total.